The average Bonchev–Trinajstić information content (AvgIpc) is 2.37. The fourth-order valence-corrected chi connectivity index (χ4v) is 2.06. The largest absolute Gasteiger partial charge is 0.390 e. The van der Waals surface area contributed by atoms with Gasteiger partial charge in [0.25, 0.3) is 0 Å². The molecule has 0 radical (unpaired) electrons. The van der Waals surface area contributed by atoms with Crippen molar-refractivity contribution in [3.63, 3.8) is 0 Å². The van der Waals surface area contributed by atoms with Crippen LogP contribution in [0.5, 0.6) is 0 Å². The van der Waals surface area contributed by atoms with Gasteiger partial charge in [0.15, 0.2) is 0 Å². The number of benzene rings is 1. The maximum Gasteiger partial charge on any atom is 0.238 e. The molecule has 0 aliphatic carbocycles. The third kappa shape index (κ3) is 4.51. The lowest BCUT2D eigenvalue weighted by molar-refractivity contribution is 0.0149. The molecule has 0 aliphatic heterocycles. The molecule has 1 aromatic rings. The standard InChI is InChI=1S/C10H14N4O4S/c11-14-13-5-4-9(15)10(16)7-2-1-3-8(6-7)19(12,17)18/h1-3,6,9-10,15-16H,4-5H2,(H2,12,17,18). The van der Waals surface area contributed by atoms with Gasteiger partial charge in [0.2, 0.25) is 10.0 Å². The number of aliphatic hydroxyl groups excluding tert-OH is 2. The summed E-state index contributed by atoms with van der Waals surface area (Å²) in [5.74, 6) is 0. The van der Waals surface area contributed by atoms with Crippen molar-refractivity contribution in [3.05, 3.63) is 40.3 Å². The first-order valence-electron chi connectivity index (χ1n) is 5.36. The Kier molecular flexibility index (Phi) is 5.28. The number of primary sulfonamides is 1. The predicted molar refractivity (Wildman–Crippen MR) is 67.4 cm³/mol. The van der Waals surface area contributed by atoms with Gasteiger partial charge in [-0.25, -0.2) is 13.6 Å². The summed E-state index contributed by atoms with van der Waals surface area (Å²) in [5, 5.41) is 27.7. The van der Waals surface area contributed by atoms with Crippen molar-refractivity contribution >= 4 is 10.0 Å². The second kappa shape index (κ2) is 6.50. The molecule has 9 heteroatoms. The second-order valence-corrected chi connectivity index (χ2v) is 5.43. The molecule has 2 atom stereocenters. The van der Waals surface area contributed by atoms with E-state index in [4.69, 9.17) is 10.7 Å². The fourth-order valence-electron chi connectivity index (χ4n) is 1.49. The van der Waals surface area contributed by atoms with Gasteiger partial charge >= 0.3 is 0 Å². The highest BCUT2D eigenvalue weighted by molar-refractivity contribution is 7.89. The van der Waals surface area contributed by atoms with Crippen molar-refractivity contribution in [3.8, 4) is 0 Å². The highest BCUT2D eigenvalue weighted by Crippen LogP contribution is 2.21. The normalized spacial score (nSPS) is 14.5. The number of rotatable bonds is 6. The van der Waals surface area contributed by atoms with E-state index in [0.717, 1.165) is 0 Å². The molecule has 104 valence electrons. The van der Waals surface area contributed by atoms with E-state index in [1.54, 1.807) is 0 Å². The summed E-state index contributed by atoms with van der Waals surface area (Å²) in [6.07, 6.45) is -2.39. The van der Waals surface area contributed by atoms with Crippen LogP contribution in [-0.4, -0.2) is 31.3 Å². The zero-order valence-corrected chi connectivity index (χ0v) is 10.7. The van der Waals surface area contributed by atoms with Crippen molar-refractivity contribution < 1.29 is 18.6 Å². The molecule has 0 bridgehead atoms. The number of hydrogen-bond donors (Lipinski definition) is 3. The molecule has 4 N–H and O–H groups in total. The van der Waals surface area contributed by atoms with E-state index < -0.39 is 22.2 Å². The summed E-state index contributed by atoms with van der Waals surface area (Å²) in [4.78, 5) is 2.38. The minimum Gasteiger partial charge on any atom is -0.390 e. The molecule has 1 aromatic carbocycles. The first kappa shape index (κ1) is 15.4. The van der Waals surface area contributed by atoms with Crippen molar-refractivity contribution in [1.29, 1.82) is 0 Å². The third-order valence-electron chi connectivity index (χ3n) is 2.48. The average molecular weight is 286 g/mol. The Labute approximate surface area is 110 Å². The van der Waals surface area contributed by atoms with Crippen molar-refractivity contribution in [2.24, 2.45) is 10.3 Å². The van der Waals surface area contributed by atoms with Crippen LogP contribution < -0.4 is 5.14 Å². The summed E-state index contributed by atoms with van der Waals surface area (Å²) in [6.45, 7) is 0.0314. The van der Waals surface area contributed by atoms with Crippen LogP contribution in [0.25, 0.3) is 10.4 Å². The van der Waals surface area contributed by atoms with Crippen LogP contribution in [0.1, 0.15) is 18.1 Å². The van der Waals surface area contributed by atoms with E-state index in [1.807, 2.05) is 0 Å². The number of aliphatic hydroxyl groups is 2. The monoisotopic (exact) mass is 286 g/mol. The zero-order chi connectivity index (χ0) is 14.5. The molecule has 0 fully saturated rings. The van der Waals surface area contributed by atoms with Gasteiger partial charge in [0.1, 0.15) is 6.10 Å². The Morgan fingerprint density at radius 2 is 2.11 bits per heavy atom. The smallest absolute Gasteiger partial charge is 0.238 e. The Balaban J connectivity index is 2.87. The van der Waals surface area contributed by atoms with Crippen LogP contribution >= 0.6 is 0 Å². The Morgan fingerprint density at radius 3 is 2.68 bits per heavy atom. The van der Waals surface area contributed by atoms with Gasteiger partial charge in [-0.05, 0) is 29.6 Å². The zero-order valence-electron chi connectivity index (χ0n) is 9.92. The molecule has 0 heterocycles. The molecular weight excluding hydrogens is 272 g/mol. The lowest BCUT2D eigenvalue weighted by Gasteiger charge is -2.17. The Morgan fingerprint density at radius 1 is 1.42 bits per heavy atom. The Hall–Kier alpha value is -1.64. The van der Waals surface area contributed by atoms with Crippen molar-refractivity contribution in [2.45, 2.75) is 23.5 Å². The quantitative estimate of drug-likeness (QED) is 0.394. The lowest BCUT2D eigenvalue weighted by atomic mass is 10.0. The van der Waals surface area contributed by atoms with E-state index in [0.29, 0.717) is 0 Å². The van der Waals surface area contributed by atoms with E-state index in [2.05, 4.69) is 10.0 Å². The maximum absolute atomic E-state index is 11.2. The van der Waals surface area contributed by atoms with Gasteiger partial charge in [-0.3, -0.25) is 0 Å². The third-order valence-corrected chi connectivity index (χ3v) is 3.39. The summed E-state index contributed by atoms with van der Waals surface area (Å²) in [7, 11) is -3.86. The number of hydrogen-bond acceptors (Lipinski definition) is 5. The molecule has 19 heavy (non-hydrogen) atoms. The van der Waals surface area contributed by atoms with Crippen LogP contribution in [0.2, 0.25) is 0 Å². The summed E-state index contributed by atoms with van der Waals surface area (Å²) in [5.41, 5.74) is 8.32. The SMILES string of the molecule is [N-]=[N+]=NCCC(O)C(O)c1cccc(S(N)(=O)=O)c1. The highest BCUT2D eigenvalue weighted by Gasteiger charge is 2.19. The molecule has 0 aromatic heterocycles. The van der Waals surface area contributed by atoms with Gasteiger partial charge < -0.3 is 10.2 Å². The number of azide groups is 1. The second-order valence-electron chi connectivity index (χ2n) is 3.87. The molecular formula is C10H14N4O4S. The van der Waals surface area contributed by atoms with Crippen LogP contribution in [0.15, 0.2) is 34.3 Å². The van der Waals surface area contributed by atoms with Gasteiger partial charge in [-0.15, -0.1) is 0 Å². The van der Waals surface area contributed by atoms with Crippen molar-refractivity contribution in [2.75, 3.05) is 6.54 Å². The highest BCUT2D eigenvalue weighted by atomic mass is 32.2. The summed E-state index contributed by atoms with van der Waals surface area (Å²) >= 11 is 0. The number of nitrogens with two attached hydrogens (primary N) is 1. The first-order chi connectivity index (χ1) is 8.86. The molecule has 1 rings (SSSR count). The number of nitrogens with zero attached hydrogens (tertiary/aromatic N) is 3. The van der Waals surface area contributed by atoms with Crippen LogP contribution in [0.4, 0.5) is 0 Å². The molecule has 8 nitrogen and oxygen atoms in total. The van der Waals surface area contributed by atoms with Crippen LogP contribution in [-0.2, 0) is 10.0 Å². The summed E-state index contributed by atoms with van der Waals surface area (Å²) in [6, 6.07) is 5.36. The van der Waals surface area contributed by atoms with Gasteiger partial charge in [-0.2, -0.15) is 0 Å². The molecule has 0 aliphatic rings. The Bertz CT molecular complexity index is 583. The van der Waals surface area contributed by atoms with E-state index in [-0.39, 0.29) is 23.4 Å². The minimum absolute atomic E-state index is 0.0314. The van der Waals surface area contributed by atoms with Crippen molar-refractivity contribution in [1.82, 2.24) is 0 Å². The molecule has 0 amide bonds. The van der Waals surface area contributed by atoms with Gasteiger partial charge in [0.05, 0.1) is 11.0 Å². The number of sulfonamides is 1. The van der Waals surface area contributed by atoms with E-state index in [9.17, 15) is 18.6 Å². The van der Waals surface area contributed by atoms with E-state index in [1.165, 1.54) is 24.3 Å². The lowest BCUT2D eigenvalue weighted by Crippen LogP contribution is -2.20. The van der Waals surface area contributed by atoms with Gasteiger partial charge in [-0.1, -0.05) is 17.2 Å². The maximum atomic E-state index is 11.2. The minimum atomic E-state index is -3.86. The predicted octanol–water partition coefficient (Wildman–Crippen LogP) is 0.429. The molecule has 2 unspecified atom stereocenters. The van der Waals surface area contributed by atoms with Crippen LogP contribution in [0, 0.1) is 0 Å². The summed E-state index contributed by atoms with van der Waals surface area (Å²) < 4.78 is 22.3. The molecule has 0 spiro atoms. The molecule has 0 saturated heterocycles. The topological polar surface area (TPSA) is 149 Å². The first-order valence-corrected chi connectivity index (χ1v) is 6.90. The van der Waals surface area contributed by atoms with Crippen LogP contribution in [0.3, 0.4) is 0 Å². The fraction of sp³-hybridized carbons (Fsp3) is 0.400. The van der Waals surface area contributed by atoms with Gasteiger partial charge in [0, 0.05) is 11.5 Å². The van der Waals surface area contributed by atoms with E-state index >= 15 is 0 Å². The molecule has 0 saturated carbocycles.